The van der Waals surface area contributed by atoms with E-state index < -0.39 is 9.84 Å². The second kappa shape index (κ2) is 7.13. The van der Waals surface area contributed by atoms with E-state index in [1.54, 1.807) is 12.0 Å². The van der Waals surface area contributed by atoms with E-state index in [2.05, 4.69) is 0 Å². The number of carbonyl (C=O) groups is 1. The summed E-state index contributed by atoms with van der Waals surface area (Å²) in [7, 11) is -1.48. The van der Waals surface area contributed by atoms with Crippen LogP contribution in [0.4, 0.5) is 0 Å². The first-order valence-corrected chi connectivity index (χ1v) is 10.2. The molecule has 5 nitrogen and oxygen atoms in total. The van der Waals surface area contributed by atoms with Crippen molar-refractivity contribution in [2.75, 3.05) is 20.2 Å². The minimum atomic E-state index is -3.08. The molecule has 132 valence electrons. The second-order valence-corrected chi connectivity index (χ2v) is 9.31. The fourth-order valence-electron chi connectivity index (χ4n) is 3.55. The first-order chi connectivity index (χ1) is 11.5. The Hall–Kier alpha value is -1.56. The normalized spacial score (nSPS) is 19.8. The van der Waals surface area contributed by atoms with Crippen LogP contribution in [0.25, 0.3) is 0 Å². The standard InChI is InChI=1S/C18H25NO4S/c1-23-15-9-7-14(8-10-15)11-18(20)19-12-17(13-19)24(21,22)16-5-3-2-4-6-16/h7-10,16-17H,2-6,11-13H2,1H3. The molecule has 0 bridgehead atoms. The average molecular weight is 351 g/mol. The van der Waals surface area contributed by atoms with E-state index in [-0.39, 0.29) is 16.4 Å². The molecule has 1 amide bonds. The maximum absolute atomic E-state index is 12.6. The number of hydrogen-bond donors (Lipinski definition) is 0. The zero-order valence-corrected chi connectivity index (χ0v) is 14.9. The summed E-state index contributed by atoms with van der Waals surface area (Å²) in [5, 5.41) is -0.546. The summed E-state index contributed by atoms with van der Waals surface area (Å²) >= 11 is 0. The van der Waals surface area contributed by atoms with Crippen LogP contribution in [0.2, 0.25) is 0 Å². The molecule has 1 aromatic rings. The number of likely N-dealkylation sites (tertiary alicyclic amines) is 1. The highest BCUT2D eigenvalue weighted by molar-refractivity contribution is 7.92. The lowest BCUT2D eigenvalue weighted by Gasteiger charge is -2.41. The number of rotatable bonds is 5. The molecule has 0 unspecified atom stereocenters. The van der Waals surface area contributed by atoms with Crippen LogP contribution in [0.1, 0.15) is 37.7 Å². The topological polar surface area (TPSA) is 63.7 Å². The van der Waals surface area contributed by atoms with Crippen molar-refractivity contribution in [2.45, 2.75) is 49.0 Å². The quantitative estimate of drug-likeness (QED) is 0.816. The van der Waals surface area contributed by atoms with Gasteiger partial charge in [-0.05, 0) is 30.5 Å². The molecule has 0 spiro atoms. The van der Waals surface area contributed by atoms with E-state index in [1.165, 1.54) is 0 Å². The number of hydrogen-bond acceptors (Lipinski definition) is 4. The first kappa shape index (κ1) is 17.3. The number of sulfone groups is 1. The van der Waals surface area contributed by atoms with E-state index in [4.69, 9.17) is 4.74 Å². The highest BCUT2D eigenvalue weighted by atomic mass is 32.2. The Bertz CT molecular complexity index is 671. The van der Waals surface area contributed by atoms with Gasteiger partial charge in [-0.2, -0.15) is 0 Å². The Balaban J connectivity index is 1.52. The van der Waals surface area contributed by atoms with Gasteiger partial charge < -0.3 is 9.64 Å². The van der Waals surface area contributed by atoms with Gasteiger partial charge >= 0.3 is 0 Å². The van der Waals surface area contributed by atoms with Gasteiger partial charge in [0, 0.05) is 13.1 Å². The molecular formula is C18H25NO4S. The molecule has 1 aromatic carbocycles. The first-order valence-electron chi connectivity index (χ1n) is 8.64. The molecule has 0 aromatic heterocycles. The van der Waals surface area contributed by atoms with Crippen LogP contribution in [0.3, 0.4) is 0 Å². The number of benzene rings is 1. The second-order valence-electron chi connectivity index (χ2n) is 6.79. The predicted molar refractivity (Wildman–Crippen MR) is 92.9 cm³/mol. The number of amides is 1. The van der Waals surface area contributed by atoms with Crippen molar-refractivity contribution >= 4 is 15.7 Å². The largest absolute Gasteiger partial charge is 0.497 e. The third-order valence-corrected chi connectivity index (χ3v) is 7.82. The van der Waals surface area contributed by atoms with Gasteiger partial charge in [-0.1, -0.05) is 31.4 Å². The summed E-state index contributed by atoms with van der Waals surface area (Å²) in [5.41, 5.74) is 0.916. The molecular weight excluding hydrogens is 326 g/mol. The molecule has 0 N–H and O–H groups in total. The number of ether oxygens (including phenoxy) is 1. The van der Waals surface area contributed by atoms with Crippen LogP contribution in [-0.4, -0.2) is 49.9 Å². The fraction of sp³-hybridized carbons (Fsp3) is 0.611. The molecule has 3 rings (SSSR count). The van der Waals surface area contributed by atoms with Crippen molar-refractivity contribution in [3.8, 4) is 5.75 Å². The van der Waals surface area contributed by atoms with Gasteiger partial charge in [-0.3, -0.25) is 4.79 Å². The van der Waals surface area contributed by atoms with Gasteiger partial charge in [0.05, 0.1) is 24.0 Å². The molecule has 2 fully saturated rings. The van der Waals surface area contributed by atoms with Gasteiger partial charge in [0.15, 0.2) is 9.84 Å². The number of carbonyl (C=O) groups excluding carboxylic acids is 1. The van der Waals surface area contributed by atoms with Crippen molar-refractivity contribution in [1.29, 1.82) is 0 Å². The van der Waals surface area contributed by atoms with Crippen molar-refractivity contribution in [3.05, 3.63) is 29.8 Å². The minimum absolute atomic E-state index is 0.00439. The Morgan fingerprint density at radius 2 is 1.71 bits per heavy atom. The van der Waals surface area contributed by atoms with Crippen LogP contribution in [0, 0.1) is 0 Å². The molecule has 1 saturated carbocycles. The van der Waals surface area contributed by atoms with Gasteiger partial charge in [0.2, 0.25) is 5.91 Å². The SMILES string of the molecule is COc1ccc(CC(=O)N2CC(S(=O)(=O)C3CCCCC3)C2)cc1. The van der Waals surface area contributed by atoms with E-state index in [9.17, 15) is 13.2 Å². The highest BCUT2D eigenvalue weighted by Gasteiger charge is 2.43. The predicted octanol–water partition coefficient (Wildman–Crippen LogP) is 2.20. The molecule has 1 aliphatic carbocycles. The summed E-state index contributed by atoms with van der Waals surface area (Å²) in [5.74, 6) is 0.754. The Kier molecular flexibility index (Phi) is 5.13. The molecule has 1 saturated heterocycles. The molecule has 24 heavy (non-hydrogen) atoms. The van der Waals surface area contributed by atoms with Gasteiger partial charge in [-0.15, -0.1) is 0 Å². The minimum Gasteiger partial charge on any atom is -0.497 e. The molecule has 0 atom stereocenters. The van der Waals surface area contributed by atoms with Crippen molar-refractivity contribution < 1.29 is 17.9 Å². The van der Waals surface area contributed by atoms with Crippen molar-refractivity contribution in [1.82, 2.24) is 4.90 Å². The van der Waals surface area contributed by atoms with E-state index in [0.29, 0.717) is 19.5 Å². The Morgan fingerprint density at radius 3 is 2.29 bits per heavy atom. The van der Waals surface area contributed by atoms with Crippen molar-refractivity contribution in [2.24, 2.45) is 0 Å². The van der Waals surface area contributed by atoms with Crippen LogP contribution < -0.4 is 4.74 Å². The smallest absolute Gasteiger partial charge is 0.227 e. The Labute approximate surface area is 143 Å². The lowest BCUT2D eigenvalue weighted by atomic mass is 10.0. The lowest BCUT2D eigenvalue weighted by Crippen LogP contribution is -2.59. The zero-order valence-electron chi connectivity index (χ0n) is 14.1. The fourth-order valence-corrected chi connectivity index (χ4v) is 5.86. The Morgan fingerprint density at radius 1 is 1.08 bits per heavy atom. The average Bonchev–Trinajstić information content (AvgIpc) is 2.54. The van der Waals surface area contributed by atoms with Crippen LogP contribution >= 0.6 is 0 Å². The summed E-state index contributed by atoms with van der Waals surface area (Å²) in [6.45, 7) is 0.710. The number of nitrogens with zero attached hydrogens (tertiary/aromatic N) is 1. The summed E-state index contributed by atoms with van der Waals surface area (Å²) in [4.78, 5) is 14.0. The monoisotopic (exact) mass is 351 g/mol. The summed E-state index contributed by atoms with van der Waals surface area (Å²) < 4.78 is 30.3. The maximum Gasteiger partial charge on any atom is 0.227 e. The van der Waals surface area contributed by atoms with Gasteiger partial charge in [0.1, 0.15) is 5.75 Å². The van der Waals surface area contributed by atoms with Gasteiger partial charge in [-0.25, -0.2) is 8.42 Å². The molecule has 2 aliphatic rings. The van der Waals surface area contributed by atoms with Crippen LogP contribution in [-0.2, 0) is 21.1 Å². The van der Waals surface area contributed by atoms with E-state index >= 15 is 0 Å². The third kappa shape index (κ3) is 3.58. The van der Waals surface area contributed by atoms with Crippen LogP contribution in [0.5, 0.6) is 5.75 Å². The zero-order chi connectivity index (χ0) is 17.2. The van der Waals surface area contributed by atoms with Gasteiger partial charge in [0.25, 0.3) is 0 Å². The molecule has 0 radical (unpaired) electrons. The van der Waals surface area contributed by atoms with Crippen molar-refractivity contribution in [3.63, 3.8) is 0 Å². The van der Waals surface area contributed by atoms with E-state index in [1.807, 2.05) is 24.3 Å². The highest BCUT2D eigenvalue weighted by Crippen LogP contribution is 2.30. The van der Waals surface area contributed by atoms with Crippen LogP contribution in [0.15, 0.2) is 24.3 Å². The molecule has 1 aliphatic heterocycles. The molecule has 6 heteroatoms. The van der Waals surface area contributed by atoms with E-state index in [0.717, 1.165) is 43.4 Å². The number of methoxy groups -OCH3 is 1. The lowest BCUT2D eigenvalue weighted by molar-refractivity contribution is -0.133. The maximum atomic E-state index is 12.6. The third-order valence-electron chi connectivity index (χ3n) is 5.20. The molecule has 1 heterocycles. The summed E-state index contributed by atoms with van der Waals surface area (Å²) in [6, 6.07) is 7.39. The summed E-state index contributed by atoms with van der Waals surface area (Å²) in [6.07, 6.45) is 5.05.